The van der Waals surface area contributed by atoms with Gasteiger partial charge in [-0.3, -0.25) is 9.59 Å². The van der Waals surface area contributed by atoms with Gasteiger partial charge in [-0.05, 0) is 24.3 Å². The van der Waals surface area contributed by atoms with Gasteiger partial charge in [-0.1, -0.05) is 24.3 Å². The SMILES string of the molecule is CC(=O)Nc1ccccc1S(=O)(=O)OS(=O)(=O)c1ccccc1NC(C)=O. The Morgan fingerprint density at radius 3 is 1.37 bits per heavy atom. The van der Waals surface area contributed by atoms with Crippen LogP contribution >= 0.6 is 0 Å². The molecule has 0 heterocycles. The molecule has 0 saturated carbocycles. The normalized spacial score (nSPS) is 11.6. The topological polar surface area (TPSA) is 136 Å². The number of para-hydroxylation sites is 2. The number of amides is 2. The van der Waals surface area contributed by atoms with E-state index in [2.05, 4.69) is 14.3 Å². The van der Waals surface area contributed by atoms with Crippen molar-refractivity contribution in [2.75, 3.05) is 10.6 Å². The van der Waals surface area contributed by atoms with Crippen LogP contribution in [0, 0.1) is 0 Å². The van der Waals surface area contributed by atoms with Gasteiger partial charge in [0.1, 0.15) is 9.79 Å². The molecule has 2 aromatic rings. The number of carbonyl (C=O) groups is 2. The molecule has 2 rings (SSSR count). The van der Waals surface area contributed by atoms with Gasteiger partial charge in [0.05, 0.1) is 11.4 Å². The first kappa shape index (κ1) is 20.6. The molecule has 2 amide bonds. The minimum Gasteiger partial charge on any atom is -0.325 e. The first-order chi connectivity index (χ1) is 12.5. The number of anilines is 2. The first-order valence-corrected chi connectivity index (χ1v) is 10.3. The van der Waals surface area contributed by atoms with Crippen molar-refractivity contribution in [1.29, 1.82) is 0 Å². The minimum atomic E-state index is -4.80. The van der Waals surface area contributed by atoms with E-state index in [-0.39, 0.29) is 11.4 Å². The Balaban J connectivity index is 2.47. The summed E-state index contributed by atoms with van der Waals surface area (Å²) in [6, 6.07) is 10.4. The Bertz CT molecular complexity index is 1010. The van der Waals surface area contributed by atoms with Gasteiger partial charge >= 0.3 is 20.2 Å². The number of benzene rings is 2. The van der Waals surface area contributed by atoms with Crippen molar-refractivity contribution in [3.8, 4) is 0 Å². The van der Waals surface area contributed by atoms with Crippen LogP contribution in [-0.4, -0.2) is 28.6 Å². The number of carbonyl (C=O) groups excluding carboxylic acids is 2. The Morgan fingerprint density at radius 2 is 1.04 bits per heavy atom. The molecule has 0 aliphatic heterocycles. The molecule has 0 atom stereocenters. The van der Waals surface area contributed by atoms with Gasteiger partial charge in [-0.2, -0.15) is 16.8 Å². The molecule has 2 aromatic carbocycles. The maximum absolute atomic E-state index is 12.5. The third-order valence-corrected chi connectivity index (χ3v) is 6.34. The summed E-state index contributed by atoms with van der Waals surface area (Å²) < 4.78 is 54.6. The fraction of sp³-hybridized carbons (Fsp3) is 0.125. The van der Waals surface area contributed by atoms with E-state index in [1.165, 1.54) is 50.2 Å². The molecule has 0 aliphatic rings. The van der Waals surface area contributed by atoms with Gasteiger partial charge in [0.25, 0.3) is 0 Å². The molecule has 0 fully saturated rings. The molecule has 0 radical (unpaired) electrons. The lowest BCUT2D eigenvalue weighted by Gasteiger charge is -2.13. The van der Waals surface area contributed by atoms with E-state index in [1.807, 2.05) is 0 Å². The van der Waals surface area contributed by atoms with E-state index in [9.17, 15) is 26.4 Å². The van der Waals surface area contributed by atoms with Gasteiger partial charge < -0.3 is 10.6 Å². The Hall–Kier alpha value is -2.76. The number of nitrogens with one attached hydrogen (secondary N) is 2. The summed E-state index contributed by atoms with van der Waals surface area (Å²) in [5.41, 5.74) is -0.259. The maximum Gasteiger partial charge on any atom is 0.313 e. The highest BCUT2D eigenvalue weighted by Gasteiger charge is 2.30. The van der Waals surface area contributed by atoms with E-state index in [4.69, 9.17) is 0 Å². The molecule has 0 bridgehead atoms. The zero-order chi connectivity index (χ0) is 20.2. The highest BCUT2D eigenvalue weighted by atomic mass is 32.3. The summed E-state index contributed by atoms with van der Waals surface area (Å²) in [5, 5.41) is 4.59. The van der Waals surface area contributed by atoms with Crippen LogP contribution in [0.4, 0.5) is 11.4 Å². The van der Waals surface area contributed by atoms with E-state index >= 15 is 0 Å². The van der Waals surface area contributed by atoms with Crippen LogP contribution < -0.4 is 10.6 Å². The van der Waals surface area contributed by atoms with E-state index in [0.717, 1.165) is 12.1 Å². The van der Waals surface area contributed by atoms with Gasteiger partial charge in [-0.25, -0.2) is 0 Å². The van der Waals surface area contributed by atoms with E-state index in [0.29, 0.717) is 0 Å². The molecule has 27 heavy (non-hydrogen) atoms. The molecule has 0 saturated heterocycles. The van der Waals surface area contributed by atoms with Crippen molar-refractivity contribution >= 4 is 43.4 Å². The number of rotatable bonds is 6. The second-order valence-electron chi connectivity index (χ2n) is 5.33. The molecule has 144 valence electrons. The van der Waals surface area contributed by atoms with Crippen molar-refractivity contribution < 1.29 is 30.1 Å². The molecule has 9 nitrogen and oxygen atoms in total. The fourth-order valence-electron chi connectivity index (χ4n) is 2.15. The molecule has 0 aromatic heterocycles. The molecule has 0 unspecified atom stereocenters. The standard InChI is InChI=1S/C16H16N2O7S2/c1-11(19)17-13-7-3-5-9-15(13)26(21,22)25-27(23,24)16-10-6-4-8-14(16)18-12(2)20/h3-10H,1-2H3,(H,17,19)(H,18,20). The minimum absolute atomic E-state index is 0.129. The van der Waals surface area contributed by atoms with Crippen molar-refractivity contribution in [3.63, 3.8) is 0 Å². The summed E-state index contributed by atoms with van der Waals surface area (Å²) in [4.78, 5) is 21.4. The van der Waals surface area contributed by atoms with Crippen molar-refractivity contribution in [2.24, 2.45) is 0 Å². The second kappa shape index (κ2) is 7.86. The summed E-state index contributed by atoms with van der Waals surface area (Å²) in [7, 11) is -9.61. The van der Waals surface area contributed by atoms with E-state index in [1.54, 1.807) is 0 Å². The van der Waals surface area contributed by atoms with Crippen LogP contribution in [0.5, 0.6) is 0 Å². The second-order valence-corrected chi connectivity index (χ2v) is 8.57. The van der Waals surface area contributed by atoms with Crippen molar-refractivity contribution in [3.05, 3.63) is 48.5 Å². The predicted octanol–water partition coefficient (Wildman–Crippen LogP) is 1.70. The predicted molar refractivity (Wildman–Crippen MR) is 96.9 cm³/mol. The maximum atomic E-state index is 12.5. The fourth-order valence-corrected chi connectivity index (χ4v) is 4.94. The van der Waals surface area contributed by atoms with Gasteiger partial charge in [0, 0.05) is 13.8 Å². The van der Waals surface area contributed by atoms with Crippen molar-refractivity contribution in [1.82, 2.24) is 0 Å². The van der Waals surface area contributed by atoms with Crippen LogP contribution in [0.2, 0.25) is 0 Å². The van der Waals surface area contributed by atoms with Crippen LogP contribution in [-0.2, 0) is 33.5 Å². The van der Waals surface area contributed by atoms with Gasteiger partial charge in [-0.15, -0.1) is 3.63 Å². The van der Waals surface area contributed by atoms with Gasteiger partial charge in [0.15, 0.2) is 0 Å². The number of hydrogen-bond donors (Lipinski definition) is 2. The zero-order valence-corrected chi connectivity index (χ0v) is 15.9. The lowest BCUT2D eigenvalue weighted by molar-refractivity contribution is -0.115. The quantitative estimate of drug-likeness (QED) is 0.737. The summed E-state index contributed by atoms with van der Waals surface area (Å²) in [6.45, 7) is 2.34. The lowest BCUT2D eigenvalue weighted by Crippen LogP contribution is -2.18. The Kier molecular flexibility index (Phi) is 5.98. The average Bonchev–Trinajstić information content (AvgIpc) is 2.53. The molecular weight excluding hydrogens is 396 g/mol. The summed E-state index contributed by atoms with van der Waals surface area (Å²) in [5.74, 6) is -1.09. The summed E-state index contributed by atoms with van der Waals surface area (Å²) in [6.07, 6.45) is 0. The Labute approximate surface area is 156 Å². The molecule has 0 spiro atoms. The smallest absolute Gasteiger partial charge is 0.313 e. The first-order valence-electron chi connectivity index (χ1n) is 7.47. The molecule has 2 N–H and O–H groups in total. The Morgan fingerprint density at radius 1 is 0.704 bits per heavy atom. The van der Waals surface area contributed by atoms with Crippen LogP contribution in [0.15, 0.2) is 58.3 Å². The van der Waals surface area contributed by atoms with Crippen molar-refractivity contribution in [2.45, 2.75) is 23.6 Å². The third-order valence-electron chi connectivity index (χ3n) is 3.11. The summed E-state index contributed by atoms with van der Waals surface area (Å²) >= 11 is 0. The van der Waals surface area contributed by atoms with Crippen LogP contribution in [0.1, 0.15) is 13.8 Å². The third kappa shape index (κ3) is 5.12. The molecule has 0 aliphatic carbocycles. The molecular formula is C16H16N2O7S2. The zero-order valence-electron chi connectivity index (χ0n) is 14.3. The highest BCUT2D eigenvalue weighted by Crippen LogP contribution is 2.29. The van der Waals surface area contributed by atoms with Crippen LogP contribution in [0.3, 0.4) is 0 Å². The number of hydrogen-bond acceptors (Lipinski definition) is 7. The lowest BCUT2D eigenvalue weighted by atomic mass is 10.3. The van der Waals surface area contributed by atoms with Gasteiger partial charge in [0.2, 0.25) is 11.8 Å². The van der Waals surface area contributed by atoms with Crippen LogP contribution in [0.25, 0.3) is 0 Å². The monoisotopic (exact) mass is 412 g/mol. The molecule has 11 heteroatoms. The highest BCUT2D eigenvalue weighted by molar-refractivity contribution is 8.00. The van der Waals surface area contributed by atoms with E-state index < -0.39 is 41.8 Å². The largest absolute Gasteiger partial charge is 0.325 e. The average molecular weight is 412 g/mol.